The molecule has 0 saturated carbocycles. The van der Waals surface area contributed by atoms with E-state index in [1.165, 1.54) is 25.6 Å². The van der Waals surface area contributed by atoms with E-state index in [1.807, 2.05) is 12.1 Å². The summed E-state index contributed by atoms with van der Waals surface area (Å²) in [6.07, 6.45) is 3.38. The van der Waals surface area contributed by atoms with Gasteiger partial charge in [0.05, 0.1) is 12.7 Å². The number of benzene rings is 1. The molecule has 0 bridgehead atoms. The van der Waals surface area contributed by atoms with E-state index in [1.54, 1.807) is 0 Å². The average Bonchev–Trinajstić information content (AvgIpc) is 2.45. The minimum absolute atomic E-state index is 0.233. The van der Waals surface area contributed by atoms with Crippen molar-refractivity contribution < 1.29 is 9.53 Å². The van der Waals surface area contributed by atoms with Crippen LogP contribution < -0.4 is 4.90 Å². The van der Waals surface area contributed by atoms with Gasteiger partial charge in [-0.25, -0.2) is 4.79 Å². The highest BCUT2D eigenvalue weighted by molar-refractivity contribution is 5.93. The molecule has 1 aromatic rings. The van der Waals surface area contributed by atoms with Gasteiger partial charge in [0.1, 0.15) is 0 Å². The molecule has 0 N–H and O–H groups in total. The highest BCUT2D eigenvalue weighted by Gasteiger charge is 2.21. The number of methoxy groups -OCH3 is 1. The maximum atomic E-state index is 11.9. The molecule has 0 amide bonds. The largest absolute Gasteiger partial charge is 0.465 e. The van der Waals surface area contributed by atoms with Crippen LogP contribution in [-0.4, -0.2) is 26.2 Å². The predicted octanol–water partition coefficient (Wildman–Crippen LogP) is 3.27. The summed E-state index contributed by atoms with van der Waals surface area (Å²) in [5.41, 5.74) is 3.03. The van der Waals surface area contributed by atoms with Gasteiger partial charge in [0.25, 0.3) is 0 Å². The van der Waals surface area contributed by atoms with Gasteiger partial charge in [0, 0.05) is 18.8 Å². The third kappa shape index (κ3) is 2.91. The number of anilines is 1. The fourth-order valence-corrected chi connectivity index (χ4v) is 2.95. The van der Waals surface area contributed by atoms with Gasteiger partial charge in [-0.1, -0.05) is 19.9 Å². The van der Waals surface area contributed by atoms with Crippen LogP contribution in [0.3, 0.4) is 0 Å². The summed E-state index contributed by atoms with van der Waals surface area (Å²) in [5, 5.41) is 0. The van der Waals surface area contributed by atoms with Gasteiger partial charge in [-0.2, -0.15) is 0 Å². The smallest absolute Gasteiger partial charge is 0.338 e. The third-order valence-corrected chi connectivity index (χ3v) is 3.91. The van der Waals surface area contributed by atoms with Crippen molar-refractivity contribution in [3.63, 3.8) is 0 Å². The lowest BCUT2D eigenvalue weighted by Crippen LogP contribution is -2.35. The molecule has 3 nitrogen and oxygen atoms in total. The molecule has 1 atom stereocenters. The standard InChI is InChI=1S/C16H23NO2/c1-4-13-14(16(18)19-3)8-5-9-15(13)17-10-6-7-12(2)11-17/h5,8-9,12H,4,6-7,10-11H2,1-3H3. The molecule has 0 aliphatic carbocycles. The second-order valence-corrected chi connectivity index (χ2v) is 5.34. The molecule has 0 radical (unpaired) electrons. The molecular formula is C16H23NO2. The fraction of sp³-hybridized carbons (Fsp3) is 0.562. The van der Waals surface area contributed by atoms with Crippen LogP contribution in [0.25, 0.3) is 0 Å². The van der Waals surface area contributed by atoms with Crippen LogP contribution >= 0.6 is 0 Å². The Hall–Kier alpha value is -1.51. The highest BCUT2D eigenvalue weighted by Crippen LogP contribution is 2.29. The topological polar surface area (TPSA) is 29.5 Å². The Morgan fingerprint density at radius 3 is 2.89 bits per heavy atom. The van der Waals surface area contributed by atoms with E-state index in [0.29, 0.717) is 5.56 Å². The molecule has 104 valence electrons. The van der Waals surface area contributed by atoms with Gasteiger partial charge in [0.2, 0.25) is 0 Å². The van der Waals surface area contributed by atoms with E-state index in [4.69, 9.17) is 4.74 Å². The molecule has 2 rings (SSSR count). The minimum atomic E-state index is -0.233. The zero-order chi connectivity index (χ0) is 13.8. The number of esters is 1. The fourth-order valence-electron chi connectivity index (χ4n) is 2.95. The lowest BCUT2D eigenvalue weighted by atomic mass is 9.96. The number of ether oxygens (including phenoxy) is 1. The summed E-state index contributed by atoms with van der Waals surface area (Å²) in [7, 11) is 1.44. The number of nitrogens with zero attached hydrogens (tertiary/aromatic N) is 1. The summed E-state index contributed by atoms with van der Waals surface area (Å²) >= 11 is 0. The average molecular weight is 261 g/mol. The van der Waals surface area contributed by atoms with Crippen molar-refractivity contribution in [2.45, 2.75) is 33.1 Å². The molecule has 1 fully saturated rings. The molecule has 1 saturated heterocycles. The highest BCUT2D eigenvalue weighted by atomic mass is 16.5. The maximum absolute atomic E-state index is 11.9. The second-order valence-electron chi connectivity index (χ2n) is 5.34. The summed E-state index contributed by atoms with van der Waals surface area (Å²) in [6, 6.07) is 5.95. The Kier molecular flexibility index (Phi) is 4.46. The lowest BCUT2D eigenvalue weighted by molar-refractivity contribution is 0.0599. The van der Waals surface area contributed by atoms with E-state index in [0.717, 1.165) is 31.0 Å². The third-order valence-electron chi connectivity index (χ3n) is 3.91. The van der Waals surface area contributed by atoms with Gasteiger partial charge in [0.15, 0.2) is 0 Å². The van der Waals surface area contributed by atoms with Gasteiger partial charge in [-0.05, 0) is 42.9 Å². The Balaban J connectivity index is 2.36. The van der Waals surface area contributed by atoms with Crippen LogP contribution in [0.15, 0.2) is 18.2 Å². The molecule has 3 heteroatoms. The van der Waals surface area contributed by atoms with Crippen LogP contribution in [0.4, 0.5) is 5.69 Å². The first kappa shape index (κ1) is 13.9. The Labute approximate surface area is 115 Å². The summed E-state index contributed by atoms with van der Waals surface area (Å²) < 4.78 is 4.88. The number of piperidine rings is 1. The van der Waals surface area contributed by atoms with Crippen molar-refractivity contribution in [3.8, 4) is 0 Å². The van der Waals surface area contributed by atoms with Crippen molar-refractivity contribution in [1.29, 1.82) is 0 Å². The Morgan fingerprint density at radius 1 is 1.47 bits per heavy atom. The van der Waals surface area contributed by atoms with E-state index in [-0.39, 0.29) is 5.97 Å². The maximum Gasteiger partial charge on any atom is 0.338 e. The van der Waals surface area contributed by atoms with E-state index >= 15 is 0 Å². The summed E-state index contributed by atoms with van der Waals surface area (Å²) in [4.78, 5) is 14.3. The molecular weight excluding hydrogens is 238 g/mol. The number of hydrogen-bond acceptors (Lipinski definition) is 3. The van der Waals surface area contributed by atoms with E-state index < -0.39 is 0 Å². The number of rotatable bonds is 3. The van der Waals surface area contributed by atoms with Gasteiger partial charge < -0.3 is 9.64 Å². The van der Waals surface area contributed by atoms with E-state index in [2.05, 4.69) is 24.8 Å². The Morgan fingerprint density at radius 2 is 2.26 bits per heavy atom. The Bertz CT molecular complexity index is 456. The monoisotopic (exact) mass is 261 g/mol. The second kappa shape index (κ2) is 6.09. The first-order valence-corrected chi connectivity index (χ1v) is 7.12. The van der Waals surface area contributed by atoms with Crippen molar-refractivity contribution in [3.05, 3.63) is 29.3 Å². The zero-order valence-electron chi connectivity index (χ0n) is 12.1. The zero-order valence-corrected chi connectivity index (χ0v) is 12.1. The first-order valence-electron chi connectivity index (χ1n) is 7.12. The quantitative estimate of drug-likeness (QED) is 0.782. The molecule has 1 aliphatic heterocycles. The lowest BCUT2D eigenvalue weighted by Gasteiger charge is -2.34. The molecule has 0 spiro atoms. The van der Waals surface area contributed by atoms with Crippen LogP contribution in [0.1, 0.15) is 42.6 Å². The molecule has 1 heterocycles. The summed E-state index contributed by atoms with van der Waals surface area (Å²) in [5.74, 6) is 0.490. The van der Waals surface area contributed by atoms with Crippen molar-refractivity contribution in [1.82, 2.24) is 0 Å². The number of carbonyl (C=O) groups is 1. The SMILES string of the molecule is CCc1c(C(=O)OC)cccc1N1CCCC(C)C1. The van der Waals surface area contributed by atoms with Gasteiger partial charge in [-0.15, -0.1) is 0 Å². The normalized spacial score (nSPS) is 19.3. The van der Waals surface area contributed by atoms with Crippen molar-refractivity contribution >= 4 is 11.7 Å². The molecule has 0 aromatic heterocycles. The minimum Gasteiger partial charge on any atom is -0.465 e. The number of carbonyl (C=O) groups excluding carboxylic acids is 1. The molecule has 19 heavy (non-hydrogen) atoms. The molecule has 1 aliphatic rings. The summed E-state index contributed by atoms with van der Waals surface area (Å²) in [6.45, 7) is 6.56. The van der Waals surface area contributed by atoms with E-state index in [9.17, 15) is 4.79 Å². The molecule has 1 aromatic carbocycles. The van der Waals surface area contributed by atoms with Gasteiger partial charge >= 0.3 is 5.97 Å². The first-order chi connectivity index (χ1) is 9.17. The number of hydrogen-bond donors (Lipinski definition) is 0. The van der Waals surface area contributed by atoms with Crippen molar-refractivity contribution in [2.24, 2.45) is 5.92 Å². The van der Waals surface area contributed by atoms with Gasteiger partial charge in [-0.3, -0.25) is 0 Å². The van der Waals surface area contributed by atoms with Crippen LogP contribution in [0, 0.1) is 5.92 Å². The molecule has 1 unspecified atom stereocenters. The van der Waals surface area contributed by atoms with Crippen molar-refractivity contribution in [2.75, 3.05) is 25.1 Å². The van der Waals surface area contributed by atoms with Crippen LogP contribution in [0.2, 0.25) is 0 Å². The van der Waals surface area contributed by atoms with Crippen LogP contribution in [-0.2, 0) is 11.2 Å². The van der Waals surface area contributed by atoms with Crippen LogP contribution in [0.5, 0.6) is 0 Å². The predicted molar refractivity (Wildman–Crippen MR) is 77.8 cm³/mol.